The van der Waals surface area contributed by atoms with E-state index in [-0.39, 0.29) is 0 Å². The lowest BCUT2D eigenvalue weighted by molar-refractivity contribution is -0.235. The first-order chi connectivity index (χ1) is 7.50. The second-order valence-corrected chi connectivity index (χ2v) is 4.14. The van der Waals surface area contributed by atoms with Gasteiger partial charge in [-0.1, -0.05) is 13.3 Å². The van der Waals surface area contributed by atoms with E-state index in [1.807, 2.05) is 6.92 Å². The number of ether oxygens (including phenoxy) is 1. The van der Waals surface area contributed by atoms with Crippen LogP contribution in [0.5, 0.6) is 0 Å². The van der Waals surface area contributed by atoms with Gasteiger partial charge in [0.1, 0.15) is 36.6 Å². The van der Waals surface area contributed by atoms with Gasteiger partial charge in [0.2, 0.25) is 0 Å². The average molecular weight is 236 g/mol. The molecular weight excluding hydrogens is 216 g/mol. The summed E-state index contributed by atoms with van der Waals surface area (Å²) in [6, 6.07) is 0. The normalized spacial score (nSPS) is 44.6. The van der Waals surface area contributed by atoms with Crippen LogP contribution in [-0.4, -0.2) is 68.8 Å². The number of aliphatic hydroxyl groups excluding tert-OH is 5. The van der Waals surface area contributed by atoms with E-state index in [0.717, 1.165) is 12.8 Å². The highest BCUT2D eigenvalue weighted by molar-refractivity contribution is 4.99. The van der Waals surface area contributed by atoms with Gasteiger partial charge < -0.3 is 30.3 Å². The standard InChI is InChI=1S/C10H20O6/c1-2-3-4-16-10-8(14)6(12)5(11)7(13)9(10)15/h5-15H,2-4H2,1H3/t5?,6-,7+,8+,9-,10?. The Kier molecular flexibility index (Phi) is 5.10. The smallest absolute Gasteiger partial charge is 0.114 e. The lowest BCUT2D eigenvalue weighted by atomic mass is 9.85. The molecule has 0 saturated heterocycles. The molecule has 0 aliphatic heterocycles. The van der Waals surface area contributed by atoms with E-state index >= 15 is 0 Å². The van der Waals surface area contributed by atoms with Crippen molar-refractivity contribution >= 4 is 0 Å². The fourth-order valence-corrected chi connectivity index (χ4v) is 1.76. The predicted octanol–water partition coefficient (Wildman–Crippen LogP) is -2.01. The Morgan fingerprint density at radius 3 is 1.69 bits per heavy atom. The molecule has 6 atom stereocenters. The Hall–Kier alpha value is -0.240. The molecule has 1 rings (SSSR count). The zero-order valence-corrected chi connectivity index (χ0v) is 9.23. The van der Waals surface area contributed by atoms with Gasteiger partial charge in [0.05, 0.1) is 0 Å². The Morgan fingerprint density at radius 2 is 1.25 bits per heavy atom. The second-order valence-electron chi connectivity index (χ2n) is 4.14. The van der Waals surface area contributed by atoms with Crippen LogP contribution in [0.25, 0.3) is 0 Å². The molecule has 2 unspecified atom stereocenters. The monoisotopic (exact) mass is 236 g/mol. The van der Waals surface area contributed by atoms with Crippen molar-refractivity contribution < 1.29 is 30.3 Å². The molecule has 5 N–H and O–H groups in total. The minimum absolute atomic E-state index is 0.324. The zero-order chi connectivity index (χ0) is 12.3. The summed E-state index contributed by atoms with van der Waals surface area (Å²) >= 11 is 0. The van der Waals surface area contributed by atoms with Crippen LogP contribution in [0.1, 0.15) is 19.8 Å². The van der Waals surface area contributed by atoms with Crippen LogP contribution >= 0.6 is 0 Å². The van der Waals surface area contributed by atoms with Gasteiger partial charge in [0, 0.05) is 6.61 Å². The minimum Gasteiger partial charge on any atom is -0.387 e. The maximum Gasteiger partial charge on any atom is 0.114 e. The average Bonchev–Trinajstić information content (AvgIpc) is 2.28. The number of hydrogen-bond acceptors (Lipinski definition) is 6. The van der Waals surface area contributed by atoms with Crippen LogP contribution in [0.2, 0.25) is 0 Å². The largest absolute Gasteiger partial charge is 0.387 e. The van der Waals surface area contributed by atoms with Crippen LogP contribution in [0.4, 0.5) is 0 Å². The Labute approximate surface area is 94.1 Å². The van der Waals surface area contributed by atoms with E-state index in [1.165, 1.54) is 0 Å². The van der Waals surface area contributed by atoms with E-state index in [9.17, 15) is 25.5 Å². The van der Waals surface area contributed by atoms with Gasteiger partial charge in [-0.15, -0.1) is 0 Å². The van der Waals surface area contributed by atoms with Crippen LogP contribution in [-0.2, 0) is 4.74 Å². The van der Waals surface area contributed by atoms with Crippen LogP contribution < -0.4 is 0 Å². The highest BCUT2D eigenvalue weighted by atomic mass is 16.5. The van der Waals surface area contributed by atoms with Crippen molar-refractivity contribution in [1.29, 1.82) is 0 Å². The van der Waals surface area contributed by atoms with Crippen molar-refractivity contribution in [3.05, 3.63) is 0 Å². The molecule has 96 valence electrons. The SMILES string of the molecule is CCCCOC1[C@@H](O)[C@H](O)C(O)[C@H](O)[C@H]1O. The minimum atomic E-state index is -1.56. The molecule has 0 aromatic heterocycles. The quantitative estimate of drug-likeness (QED) is 0.361. The van der Waals surface area contributed by atoms with E-state index in [1.54, 1.807) is 0 Å². The lowest BCUT2D eigenvalue weighted by Gasteiger charge is -2.41. The van der Waals surface area contributed by atoms with E-state index < -0.39 is 36.6 Å². The number of unbranched alkanes of at least 4 members (excludes halogenated alkanes) is 1. The summed E-state index contributed by atoms with van der Waals surface area (Å²) in [5, 5.41) is 47.3. The van der Waals surface area contributed by atoms with Crippen molar-refractivity contribution in [1.82, 2.24) is 0 Å². The third-order valence-corrected chi connectivity index (χ3v) is 2.88. The summed E-state index contributed by atoms with van der Waals surface area (Å²) in [5.41, 5.74) is 0. The number of rotatable bonds is 4. The van der Waals surface area contributed by atoms with Crippen molar-refractivity contribution in [3.63, 3.8) is 0 Å². The van der Waals surface area contributed by atoms with Gasteiger partial charge in [-0.25, -0.2) is 0 Å². The molecule has 0 aromatic carbocycles. The van der Waals surface area contributed by atoms with Crippen LogP contribution in [0, 0.1) is 0 Å². The topological polar surface area (TPSA) is 110 Å². The lowest BCUT2D eigenvalue weighted by Crippen LogP contribution is -2.64. The van der Waals surface area contributed by atoms with Gasteiger partial charge in [0.15, 0.2) is 0 Å². The molecule has 16 heavy (non-hydrogen) atoms. The molecule has 0 heterocycles. The van der Waals surface area contributed by atoms with Crippen LogP contribution in [0.3, 0.4) is 0 Å². The summed E-state index contributed by atoms with van der Waals surface area (Å²) in [6.07, 6.45) is -6.79. The summed E-state index contributed by atoms with van der Waals surface area (Å²) in [5.74, 6) is 0. The van der Waals surface area contributed by atoms with Crippen molar-refractivity contribution in [2.24, 2.45) is 0 Å². The van der Waals surface area contributed by atoms with Crippen molar-refractivity contribution in [2.45, 2.75) is 56.4 Å². The van der Waals surface area contributed by atoms with E-state index in [0.29, 0.717) is 6.61 Å². The van der Waals surface area contributed by atoms with Crippen molar-refractivity contribution in [3.8, 4) is 0 Å². The third kappa shape index (κ3) is 2.71. The first-order valence-electron chi connectivity index (χ1n) is 5.52. The summed E-state index contributed by atoms with van der Waals surface area (Å²) in [6.45, 7) is 2.29. The Balaban J connectivity index is 2.60. The summed E-state index contributed by atoms with van der Waals surface area (Å²) in [4.78, 5) is 0. The van der Waals surface area contributed by atoms with Gasteiger partial charge in [0.25, 0.3) is 0 Å². The number of hydrogen-bond donors (Lipinski definition) is 5. The van der Waals surface area contributed by atoms with Gasteiger partial charge in [-0.3, -0.25) is 0 Å². The van der Waals surface area contributed by atoms with E-state index in [4.69, 9.17) is 4.74 Å². The number of aliphatic hydroxyl groups is 5. The molecular formula is C10H20O6. The predicted molar refractivity (Wildman–Crippen MR) is 54.7 cm³/mol. The molecule has 1 fully saturated rings. The molecule has 0 spiro atoms. The molecule has 6 heteroatoms. The molecule has 1 saturated carbocycles. The molecule has 0 bridgehead atoms. The molecule has 0 amide bonds. The zero-order valence-electron chi connectivity index (χ0n) is 9.23. The highest BCUT2D eigenvalue weighted by Crippen LogP contribution is 2.23. The molecule has 6 nitrogen and oxygen atoms in total. The highest BCUT2D eigenvalue weighted by Gasteiger charge is 2.48. The van der Waals surface area contributed by atoms with Gasteiger partial charge in [-0.05, 0) is 6.42 Å². The van der Waals surface area contributed by atoms with Gasteiger partial charge in [-0.2, -0.15) is 0 Å². The Bertz CT molecular complexity index is 195. The van der Waals surface area contributed by atoms with E-state index in [2.05, 4.69) is 0 Å². The fourth-order valence-electron chi connectivity index (χ4n) is 1.76. The first-order valence-corrected chi connectivity index (χ1v) is 5.52. The van der Waals surface area contributed by atoms with Gasteiger partial charge >= 0.3 is 0 Å². The van der Waals surface area contributed by atoms with Crippen molar-refractivity contribution in [2.75, 3.05) is 6.61 Å². The summed E-state index contributed by atoms with van der Waals surface area (Å²) in [7, 11) is 0. The third-order valence-electron chi connectivity index (χ3n) is 2.88. The molecule has 0 aromatic rings. The summed E-state index contributed by atoms with van der Waals surface area (Å²) < 4.78 is 5.21. The molecule has 0 radical (unpaired) electrons. The maximum atomic E-state index is 9.59. The Morgan fingerprint density at radius 1 is 0.812 bits per heavy atom. The van der Waals surface area contributed by atoms with Crippen LogP contribution in [0.15, 0.2) is 0 Å². The molecule has 1 aliphatic rings. The maximum absolute atomic E-state index is 9.59. The first kappa shape index (κ1) is 13.8. The second kappa shape index (κ2) is 5.90. The fraction of sp³-hybridized carbons (Fsp3) is 1.00. The molecule has 1 aliphatic carbocycles.